The summed E-state index contributed by atoms with van der Waals surface area (Å²) >= 11 is 0. The molecule has 0 spiro atoms. The van der Waals surface area contributed by atoms with Crippen molar-refractivity contribution in [3.63, 3.8) is 0 Å². The minimum absolute atomic E-state index is 0.525. The van der Waals surface area contributed by atoms with Crippen LogP contribution in [0.25, 0.3) is 11.1 Å². The Bertz CT molecular complexity index is 1870. The third-order valence-electron chi connectivity index (χ3n) is 8.67. The molecule has 0 aliphatic rings. The molecular weight excluding hydrogens is 633 g/mol. The zero-order valence-corrected chi connectivity index (χ0v) is 30.7. The van der Waals surface area contributed by atoms with Crippen LogP contribution < -0.4 is 15.0 Å². The molecule has 0 saturated heterocycles. The number of anilines is 6. The van der Waals surface area contributed by atoms with Crippen LogP contribution in [0.15, 0.2) is 152 Å². The van der Waals surface area contributed by atoms with Gasteiger partial charge in [-0.1, -0.05) is 90.0 Å². The summed E-state index contributed by atoms with van der Waals surface area (Å²) in [7, 11) is -3.01. The van der Waals surface area contributed by atoms with Gasteiger partial charge < -0.3 is 23.1 Å². The summed E-state index contributed by atoms with van der Waals surface area (Å²) in [5.74, 6) is 0. The van der Waals surface area contributed by atoms with Crippen molar-refractivity contribution >= 4 is 48.1 Å². The number of benzene rings is 6. The fourth-order valence-electron chi connectivity index (χ4n) is 6.22. The third kappa shape index (κ3) is 7.75. The first kappa shape index (κ1) is 34.9. The molecule has 50 heavy (non-hydrogen) atoms. The molecule has 0 saturated carbocycles. The van der Waals surface area contributed by atoms with Gasteiger partial charge in [0, 0.05) is 59.1 Å². The first-order chi connectivity index (χ1) is 24.4. The summed E-state index contributed by atoms with van der Waals surface area (Å²) in [6.07, 6.45) is 0. The van der Waals surface area contributed by atoms with E-state index in [4.69, 9.17) is 13.3 Å². The molecule has 0 bridgehead atoms. The maximum Gasteiger partial charge on any atom is 0.537 e. The lowest BCUT2D eigenvalue weighted by Crippen LogP contribution is -2.56. The Balaban J connectivity index is 1.30. The van der Waals surface area contributed by atoms with Crippen LogP contribution in [-0.4, -0.2) is 28.6 Å². The molecule has 6 rings (SSSR count). The van der Waals surface area contributed by atoms with Gasteiger partial charge in [-0.2, -0.15) is 0 Å². The Hall–Kier alpha value is -4.98. The van der Waals surface area contributed by atoms with Crippen LogP contribution in [0.2, 0.25) is 0 Å². The van der Waals surface area contributed by atoms with Crippen molar-refractivity contribution < 1.29 is 13.3 Å². The minimum atomic E-state index is -3.01. The topological polar surface area (TPSA) is 34.2 Å². The zero-order chi connectivity index (χ0) is 34.9. The van der Waals surface area contributed by atoms with E-state index in [0.717, 1.165) is 50.4 Å². The summed E-state index contributed by atoms with van der Waals surface area (Å²) in [6.45, 7) is 11.8. The lowest BCUT2D eigenvalue weighted by Gasteiger charge is -2.30. The summed E-state index contributed by atoms with van der Waals surface area (Å²) in [6, 6.07) is 53.9. The maximum atomic E-state index is 6.17. The number of hydrogen-bond donors (Lipinski definition) is 0. The van der Waals surface area contributed by atoms with E-state index in [-0.39, 0.29) is 0 Å². The number of rotatable bonds is 14. The lowest BCUT2D eigenvalue weighted by atomic mass is 10.0. The standard InChI is InChI=1S/C44H46N2O3Si/c1-6-47-50(48-7-2,49-8-3)44-32-30-43(31-33-44)45(38-12-10-9-11-13-38)41-26-18-36(19-27-41)37-20-28-42(29-21-37)46(39-22-14-34(4)15-23-39)40-24-16-35(5)17-25-40/h9-33H,6-8H2,1-5H3. The average Bonchev–Trinajstić information content (AvgIpc) is 3.15. The quantitative estimate of drug-likeness (QED) is 0.107. The molecule has 0 fully saturated rings. The van der Waals surface area contributed by atoms with Gasteiger partial charge in [0.2, 0.25) is 0 Å². The lowest BCUT2D eigenvalue weighted by molar-refractivity contribution is 0.0859. The second-order valence-corrected chi connectivity index (χ2v) is 14.7. The SMILES string of the molecule is CCO[Si](OCC)(OCC)c1ccc(N(c2ccccc2)c2ccc(-c3ccc(N(c4ccc(C)cc4)c4ccc(C)cc4)cc3)cc2)cc1. The molecule has 0 aliphatic carbocycles. The van der Waals surface area contributed by atoms with Crippen LogP contribution in [0, 0.1) is 13.8 Å². The van der Waals surface area contributed by atoms with Crippen LogP contribution in [0.5, 0.6) is 0 Å². The molecule has 5 nitrogen and oxygen atoms in total. The van der Waals surface area contributed by atoms with Gasteiger partial charge in [0.05, 0.1) is 0 Å². The highest BCUT2D eigenvalue weighted by Gasteiger charge is 2.43. The van der Waals surface area contributed by atoms with Gasteiger partial charge >= 0.3 is 8.80 Å². The highest BCUT2D eigenvalue weighted by Crippen LogP contribution is 2.38. The molecule has 0 unspecified atom stereocenters. The van der Waals surface area contributed by atoms with Crippen LogP contribution in [0.1, 0.15) is 31.9 Å². The largest absolute Gasteiger partial charge is 0.537 e. The highest BCUT2D eigenvalue weighted by molar-refractivity contribution is 6.75. The number of para-hydroxylation sites is 1. The normalized spacial score (nSPS) is 11.4. The van der Waals surface area contributed by atoms with Gasteiger partial charge in [0.15, 0.2) is 0 Å². The van der Waals surface area contributed by atoms with Gasteiger partial charge in [-0.3, -0.25) is 0 Å². The Morgan fingerprint density at radius 3 is 1.02 bits per heavy atom. The Morgan fingerprint density at radius 1 is 0.380 bits per heavy atom. The molecule has 0 atom stereocenters. The van der Waals surface area contributed by atoms with Crippen molar-refractivity contribution in [1.29, 1.82) is 0 Å². The molecular formula is C44H46N2O3Si. The van der Waals surface area contributed by atoms with Crippen molar-refractivity contribution in [3.05, 3.63) is 163 Å². The fourth-order valence-corrected chi connectivity index (χ4v) is 8.69. The molecule has 0 amide bonds. The van der Waals surface area contributed by atoms with Crippen LogP contribution in [0.3, 0.4) is 0 Å². The summed E-state index contributed by atoms with van der Waals surface area (Å²) in [4.78, 5) is 4.57. The monoisotopic (exact) mass is 678 g/mol. The highest BCUT2D eigenvalue weighted by atomic mass is 28.4. The van der Waals surface area contributed by atoms with Gasteiger partial charge in [-0.25, -0.2) is 0 Å². The summed E-state index contributed by atoms with van der Waals surface area (Å²) < 4.78 is 18.5. The van der Waals surface area contributed by atoms with Crippen molar-refractivity contribution in [2.24, 2.45) is 0 Å². The minimum Gasteiger partial charge on any atom is -0.370 e. The predicted octanol–water partition coefficient (Wildman–Crippen LogP) is 11.2. The van der Waals surface area contributed by atoms with E-state index < -0.39 is 8.80 Å². The van der Waals surface area contributed by atoms with Crippen LogP contribution in [0.4, 0.5) is 34.1 Å². The van der Waals surface area contributed by atoms with Gasteiger partial charge in [0.25, 0.3) is 0 Å². The Labute approximate surface area is 298 Å². The number of nitrogens with zero attached hydrogens (tertiary/aromatic N) is 2. The molecule has 6 heteroatoms. The van der Waals surface area contributed by atoms with E-state index in [0.29, 0.717) is 19.8 Å². The second-order valence-electron chi connectivity index (χ2n) is 12.2. The maximum absolute atomic E-state index is 6.17. The predicted molar refractivity (Wildman–Crippen MR) is 211 cm³/mol. The van der Waals surface area contributed by atoms with Crippen molar-refractivity contribution in [1.82, 2.24) is 0 Å². The Kier molecular flexibility index (Phi) is 11.3. The smallest absolute Gasteiger partial charge is 0.370 e. The van der Waals surface area contributed by atoms with E-state index in [1.165, 1.54) is 11.1 Å². The molecule has 6 aromatic carbocycles. The van der Waals surface area contributed by atoms with E-state index in [1.54, 1.807) is 0 Å². The van der Waals surface area contributed by atoms with E-state index >= 15 is 0 Å². The van der Waals surface area contributed by atoms with Gasteiger partial charge in [0.1, 0.15) is 0 Å². The molecule has 0 aliphatic heterocycles. The average molecular weight is 679 g/mol. The van der Waals surface area contributed by atoms with Gasteiger partial charge in [-0.15, -0.1) is 0 Å². The van der Waals surface area contributed by atoms with E-state index in [9.17, 15) is 0 Å². The summed E-state index contributed by atoms with van der Waals surface area (Å²) in [5, 5.41) is 0.960. The van der Waals surface area contributed by atoms with Crippen LogP contribution in [-0.2, 0) is 13.3 Å². The van der Waals surface area contributed by atoms with Gasteiger partial charge in [-0.05, 0) is 119 Å². The zero-order valence-electron chi connectivity index (χ0n) is 29.7. The second kappa shape index (κ2) is 16.2. The first-order valence-electron chi connectivity index (χ1n) is 17.5. The van der Waals surface area contributed by atoms with Crippen molar-refractivity contribution in [3.8, 4) is 11.1 Å². The number of hydrogen-bond acceptors (Lipinski definition) is 5. The molecule has 6 aromatic rings. The fraction of sp³-hybridized carbons (Fsp3) is 0.182. The van der Waals surface area contributed by atoms with Crippen molar-refractivity contribution in [2.75, 3.05) is 29.6 Å². The number of aryl methyl sites for hydroxylation is 2. The molecule has 0 heterocycles. The Morgan fingerprint density at radius 2 is 0.680 bits per heavy atom. The third-order valence-corrected chi connectivity index (χ3v) is 11.7. The molecule has 0 radical (unpaired) electrons. The van der Waals surface area contributed by atoms with E-state index in [2.05, 4.69) is 169 Å². The van der Waals surface area contributed by atoms with Crippen molar-refractivity contribution in [2.45, 2.75) is 34.6 Å². The van der Waals surface area contributed by atoms with Crippen LogP contribution >= 0.6 is 0 Å². The molecule has 0 N–H and O–H groups in total. The van der Waals surface area contributed by atoms with E-state index in [1.807, 2.05) is 26.8 Å². The molecule has 254 valence electrons. The first-order valence-corrected chi connectivity index (χ1v) is 19.2. The molecule has 0 aromatic heterocycles. The summed E-state index contributed by atoms with van der Waals surface area (Å²) in [5.41, 5.74) is 11.4.